The zero-order valence-corrected chi connectivity index (χ0v) is 12.8. The molecule has 0 saturated heterocycles. The highest BCUT2D eigenvalue weighted by molar-refractivity contribution is 6.30. The summed E-state index contributed by atoms with van der Waals surface area (Å²) in [5.41, 5.74) is 1.78. The van der Waals surface area contributed by atoms with Crippen LogP contribution in [0.5, 0.6) is 0 Å². The monoisotopic (exact) mass is 284 g/mol. The lowest BCUT2D eigenvalue weighted by atomic mass is 10.2. The van der Waals surface area contributed by atoms with E-state index in [2.05, 4.69) is 34.7 Å². The highest BCUT2D eigenvalue weighted by Gasteiger charge is 2.16. The van der Waals surface area contributed by atoms with Gasteiger partial charge in [0.15, 0.2) is 11.0 Å². The Morgan fingerprint density at radius 2 is 1.84 bits per heavy atom. The van der Waals surface area contributed by atoms with Gasteiger partial charge in [-0.2, -0.15) is 0 Å². The molecule has 106 valence electrons. The summed E-state index contributed by atoms with van der Waals surface area (Å²) in [6.45, 7) is 10.3. The zero-order valence-electron chi connectivity index (χ0n) is 12.0. The van der Waals surface area contributed by atoms with E-state index < -0.39 is 0 Å². The number of hydrogen-bond donors (Lipinski definition) is 2. The van der Waals surface area contributed by atoms with Crippen molar-refractivity contribution in [1.29, 1.82) is 0 Å². The average molecular weight is 285 g/mol. The Morgan fingerprint density at radius 1 is 1.21 bits per heavy atom. The van der Waals surface area contributed by atoms with Crippen LogP contribution in [0.25, 0.3) is 0 Å². The van der Waals surface area contributed by atoms with Gasteiger partial charge < -0.3 is 10.6 Å². The first-order valence-corrected chi connectivity index (χ1v) is 6.74. The van der Waals surface area contributed by atoms with Crippen molar-refractivity contribution < 1.29 is 4.79 Å². The largest absolute Gasteiger partial charge is 0.357 e. The molecule has 0 aliphatic carbocycles. The van der Waals surface area contributed by atoms with Gasteiger partial charge in [0.1, 0.15) is 6.04 Å². The van der Waals surface area contributed by atoms with Crippen LogP contribution >= 0.6 is 11.6 Å². The Balaban J connectivity index is 2.69. The molecule has 1 rings (SSSR count). The number of hydrogen-bond acceptors (Lipinski definition) is 4. The minimum absolute atomic E-state index is 0.0532. The molecular formula is C13H21ClN4O. The molecule has 0 aromatic carbocycles. The Labute approximate surface area is 119 Å². The van der Waals surface area contributed by atoms with Gasteiger partial charge in [-0.15, -0.1) is 10.2 Å². The van der Waals surface area contributed by atoms with Crippen molar-refractivity contribution in [2.24, 2.45) is 5.92 Å². The molecule has 0 spiro atoms. The van der Waals surface area contributed by atoms with Crippen molar-refractivity contribution in [2.45, 2.75) is 40.7 Å². The quantitative estimate of drug-likeness (QED) is 0.871. The second-order valence-corrected chi connectivity index (χ2v) is 5.45. The minimum atomic E-state index is -0.368. The molecule has 0 aliphatic rings. The summed E-state index contributed by atoms with van der Waals surface area (Å²) >= 11 is 5.89. The number of aromatic nitrogens is 2. The van der Waals surface area contributed by atoms with Gasteiger partial charge in [0.2, 0.25) is 5.91 Å². The van der Waals surface area contributed by atoms with Crippen LogP contribution in [0.15, 0.2) is 0 Å². The lowest BCUT2D eigenvalue weighted by Crippen LogP contribution is -2.39. The summed E-state index contributed by atoms with van der Waals surface area (Å²) in [5.74, 6) is 0.965. The number of rotatable bonds is 5. The average Bonchev–Trinajstić information content (AvgIpc) is 2.36. The highest BCUT2D eigenvalue weighted by Crippen LogP contribution is 2.20. The number of anilines is 1. The van der Waals surface area contributed by atoms with Crippen LogP contribution in [0, 0.1) is 19.8 Å². The standard InChI is InChI=1S/C13H21ClN4O/c1-7(2)6-15-13(19)10(5)16-12-9(4)8(3)11(14)17-18-12/h7,10H,6H2,1-5H3,(H,15,19)(H,16,18). The van der Waals surface area contributed by atoms with Crippen molar-refractivity contribution in [2.75, 3.05) is 11.9 Å². The number of nitrogens with zero attached hydrogens (tertiary/aromatic N) is 2. The number of amides is 1. The number of carbonyl (C=O) groups excluding carboxylic acids is 1. The van der Waals surface area contributed by atoms with Crippen LogP contribution in [0.3, 0.4) is 0 Å². The first kappa shape index (κ1) is 15.7. The van der Waals surface area contributed by atoms with Crippen molar-refractivity contribution in [3.05, 3.63) is 16.3 Å². The van der Waals surface area contributed by atoms with Gasteiger partial charge in [-0.25, -0.2) is 0 Å². The first-order valence-electron chi connectivity index (χ1n) is 6.36. The minimum Gasteiger partial charge on any atom is -0.357 e. The van der Waals surface area contributed by atoms with Crippen LogP contribution < -0.4 is 10.6 Å². The maximum absolute atomic E-state index is 11.9. The molecule has 1 atom stereocenters. The van der Waals surface area contributed by atoms with Crippen LogP contribution in [0.2, 0.25) is 5.15 Å². The van der Waals surface area contributed by atoms with Gasteiger partial charge in [-0.3, -0.25) is 4.79 Å². The molecule has 0 aliphatic heterocycles. The van der Waals surface area contributed by atoms with Crippen molar-refractivity contribution >= 4 is 23.3 Å². The fourth-order valence-electron chi connectivity index (χ4n) is 1.44. The molecule has 5 nitrogen and oxygen atoms in total. The van der Waals surface area contributed by atoms with E-state index in [1.54, 1.807) is 6.92 Å². The molecule has 0 fully saturated rings. The van der Waals surface area contributed by atoms with E-state index >= 15 is 0 Å². The van der Waals surface area contributed by atoms with Crippen molar-refractivity contribution in [1.82, 2.24) is 15.5 Å². The molecule has 1 heterocycles. The van der Waals surface area contributed by atoms with Crippen molar-refractivity contribution in [3.8, 4) is 0 Å². The third-order valence-electron chi connectivity index (χ3n) is 2.90. The van der Waals surface area contributed by atoms with E-state index in [0.717, 1.165) is 11.1 Å². The molecule has 6 heteroatoms. The van der Waals surface area contributed by atoms with Crippen molar-refractivity contribution in [3.63, 3.8) is 0 Å². The van der Waals surface area contributed by atoms with E-state index in [4.69, 9.17) is 11.6 Å². The number of halogens is 1. The Kier molecular flexibility index (Phi) is 5.54. The van der Waals surface area contributed by atoms with Gasteiger partial charge in [0.25, 0.3) is 0 Å². The molecule has 1 amide bonds. The van der Waals surface area contributed by atoms with Gasteiger partial charge in [-0.05, 0) is 37.8 Å². The summed E-state index contributed by atoms with van der Waals surface area (Å²) in [5, 5.41) is 14.1. The van der Waals surface area contributed by atoms with E-state index in [0.29, 0.717) is 23.4 Å². The molecule has 1 unspecified atom stereocenters. The topological polar surface area (TPSA) is 66.9 Å². The maximum Gasteiger partial charge on any atom is 0.242 e. The number of nitrogens with one attached hydrogen (secondary N) is 2. The SMILES string of the molecule is Cc1c(Cl)nnc(NC(C)C(=O)NCC(C)C)c1C. The molecule has 0 radical (unpaired) electrons. The maximum atomic E-state index is 11.9. The van der Waals surface area contributed by atoms with Gasteiger partial charge >= 0.3 is 0 Å². The second kappa shape index (κ2) is 6.70. The van der Waals surface area contributed by atoms with Gasteiger partial charge in [0, 0.05) is 6.54 Å². The second-order valence-electron chi connectivity index (χ2n) is 5.09. The van der Waals surface area contributed by atoms with Crippen LogP contribution in [-0.4, -0.2) is 28.7 Å². The fraction of sp³-hybridized carbons (Fsp3) is 0.615. The molecule has 0 bridgehead atoms. The molecule has 1 aromatic heterocycles. The molecule has 0 saturated carbocycles. The third kappa shape index (κ3) is 4.35. The molecule has 1 aromatic rings. The van der Waals surface area contributed by atoms with E-state index in [-0.39, 0.29) is 11.9 Å². The smallest absolute Gasteiger partial charge is 0.242 e. The van der Waals surface area contributed by atoms with E-state index in [1.165, 1.54) is 0 Å². The third-order valence-corrected chi connectivity index (χ3v) is 3.26. The predicted molar refractivity (Wildman–Crippen MR) is 77.4 cm³/mol. The predicted octanol–water partition coefficient (Wildman–Crippen LogP) is 2.32. The summed E-state index contributed by atoms with van der Waals surface area (Å²) in [4.78, 5) is 11.9. The molecule has 19 heavy (non-hydrogen) atoms. The first-order chi connectivity index (χ1) is 8.82. The number of carbonyl (C=O) groups is 1. The van der Waals surface area contributed by atoms with Crippen LogP contribution in [0.4, 0.5) is 5.82 Å². The molecular weight excluding hydrogens is 264 g/mol. The summed E-state index contributed by atoms with van der Waals surface area (Å²) < 4.78 is 0. The Bertz CT molecular complexity index is 462. The van der Waals surface area contributed by atoms with Gasteiger partial charge in [-0.1, -0.05) is 25.4 Å². The van der Waals surface area contributed by atoms with Gasteiger partial charge in [0.05, 0.1) is 0 Å². The lowest BCUT2D eigenvalue weighted by molar-refractivity contribution is -0.121. The molecule has 2 N–H and O–H groups in total. The fourth-order valence-corrected chi connectivity index (χ4v) is 1.62. The van der Waals surface area contributed by atoms with E-state index in [1.807, 2.05) is 13.8 Å². The van der Waals surface area contributed by atoms with Crippen LogP contribution in [-0.2, 0) is 4.79 Å². The summed E-state index contributed by atoms with van der Waals surface area (Å²) in [7, 11) is 0. The summed E-state index contributed by atoms with van der Waals surface area (Å²) in [6.07, 6.45) is 0. The Hall–Kier alpha value is -1.36. The normalized spacial score (nSPS) is 12.4. The van der Waals surface area contributed by atoms with Crippen LogP contribution in [0.1, 0.15) is 31.9 Å². The lowest BCUT2D eigenvalue weighted by Gasteiger charge is -2.17. The van der Waals surface area contributed by atoms with E-state index in [9.17, 15) is 4.79 Å². The highest BCUT2D eigenvalue weighted by atomic mass is 35.5. The zero-order chi connectivity index (χ0) is 14.6. The Morgan fingerprint density at radius 3 is 2.42 bits per heavy atom. The summed E-state index contributed by atoms with van der Waals surface area (Å²) in [6, 6.07) is -0.368.